The number of quaternary nitrogens is 1. The molecule has 2 aliphatic rings. The van der Waals surface area contributed by atoms with E-state index < -0.39 is 0 Å². The molecular formula is C19H29N4O3S+. The number of hydrogen-bond acceptors (Lipinski definition) is 4. The van der Waals surface area contributed by atoms with Crippen molar-refractivity contribution in [2.75, 3.05) is 32.7 Å². The van der Waals surface area contributed by atoms with Crippen LogP contribution < -0.4 is 15.5 Å². The Morgan fingerprint density at radius 3 is 2.63 bits per heavy atom. The molecule has 148 valence electrons. The molecule has 2 atom stereocenters. The van der Waals surface area contributed by atoms with Crippen LogP contribution in [0.4, 0.5) is 4.79 Å². The van der Waals surface area contributed by atoms with Gasteiger partial charge in [0.2, 0.25) is 0 Å². The van der Waals surface area contributed by atoms with E-state index in [1.165, 1.54) is 17.8 Å². The molecule has 7 nitrogen and oxygen atoms in total. The molecule has 0 aromatic carbocycles. The molecule has 2 heterocycles. The third-order valence-corrected chi connectivity index (χ3v) is 6.44. The van der Waals surface area contributed by atoms with E-state index in [-0.39, 0.29) is 30.4 Å². The number of imide groups is 1. The van der Waals surface area contributed by atoms with Crippen LogP contribution in [0.25, 0.3) is 0 Å². The molecule has 3 N–H and O–H groups in total. The van der Waals surface area contributed by atoms with Crippen LogP contribution in [0.2, 0.25) is 0 Å². The quantitative estimate of drug-likeness (QED) is 0.696. The highest BCUT2D eigenvalue weighted by Crippen LogP contribution is 2.23. The smallest absolute Gasteiger partial charge is 0.321 e. The van der Waals surface area contributed by atoms with Crippen LogP contribution in [0.5, 0.6) is 0 Å². The highest BCUT2D eigenvalue weighted by Gasteiger charge is 2.27. The normalized spacial score (nSPS) is 23.7. The first-order valence-electron chi connectivity index (χ1n) is 9.79. The van der Waals surface area contributed by atoms with E-state index in [0.717, 1.165) is 29.0 Å². The molecule has 0 spiro atoms. The Hall–Kier alpha value is -1.93. The van der Waals surface area contributed by atoms with Crippen molar-refractivity contribution in [3.8, 4) is 0 Å². The summed E-state index contributed by atoms with van der Waals surface area (Å²) in [7, 11) is 0. The number of piperazine rings is 1. The highest BCUT2D eigenvalue weighted by atomic mass is 32.1. The number of carbonyl (C=O) groups is 3. The first-order chi connectivity index (χ1) is 13.0. The molecule has 0 bridgehead atoms. The molecule has 8 heteroatoms. The minimum absolute atomic E-state index is 0.0643. The fourth-order valence-corrected chi connectivity index (χ4v) is 4.58. The van der Waals surface area contributed by atoms with Gasteiger partial charge in [-0.1, -0.05) is 25.8 Å². The molecule has 0 unspecified atom stereocenters. The van der Waals surface area contributed by atoms with E-state index >= 15 is 0 Å². The zero-order valence-electron chi connectivity index (χ0n) is 15.8. The SMILES string of the molecule is C[C@@H]1CCCC[C@H]1NC(=O)NC(=O)C[NH+]1CCN(C(=O)c2cccs2)CC1. The summed E-state index contributed by atoms with van der Waals surface area (Å²) in [6, 6.07) is 3.49. The summed E-state index contributed by atoms with van der Waals surface area (Å²) in [6.45, 7) is 5.09. The van der Waals surface area contributed by atoms with Crippen molar-refractivity contribution in [3.05, 3.63) is 22.4 Å². The maximum Gasteiger partial charge on any atom is 0.321 e. The second-order valence-electron chi connectivity index (χ2n) is 7.59. The molecule has 2 fully saturated rings. The molecule has 4 amide bonds. The number of nitrogens with zero attached hydrogens (tertiary/aromatic N) is 1. The van der Waals surface area contributed by atoms with Gasteiger partial charge in [-0.2, -0.15) is 0 Å². The summed E-state index contributed by atoms with van der Waals surface area (Å²) in [6.07, 6.45) is 4.44. The lowest BCUT2D eigenvalue weighted by Gasteiger charge is -2.32. The van der Waals surface area contributed by atoms with Gasteiger partial charge in [0.25, 0.3) is 11.8 Å². The summed E-state index contributed by atoms with van der Waals surface area (Å²) in [5.74, 6) is 0.262. The molecule has 3 rings (SSSR count). The number of amides is 4. The maximum atomic E-state index is 12.3. The van der Waals surface area contributed by atoms with Crippen LogP contribution in [0, 0.1) is 5.92 Å². The van der Waals surface area contributed by atoms with Gasteiger partial charge < -0.3 is 15.1 Å². The first-order valence-corrected chi connectivity index (χ1v) is 10.7. The third-order valence-electron chi connectivity index (χ3n) is 5.58. The van der Waals surface area contributed by atoms with Crippen LogP contribution in [0.1, 0.15) is 42.3 Å². The van der Waals surface area contributed by atoms with Gasteiger partial charge in [-0.15, -0.1) is 11.3 Å². The molecule has 1 aromatic rings. The number of carbonyl (C=O) groups excluding carboxylic acids is 3. The van der Waals surface area contributed by atoms with E-state index in [4.69, 9.17) is 0 Å². The molecule has 0 radical (unpaired) electrons. The standard InChI is InChI=1S/C19H28N4O3S/c1-14-5-2-3-6-15(14)20-19(26)21-17(24)13-22-8-10-23(11-9-22)18(25)16-7-4-12-27-16/h4,7,12,14-15H,2-3,5-6,8-11,13H2,1H3,(H2,20,21,24,26)/p+1/t14-,15-/m1/s1. The van der Waals surface area contributed by atoms with Crippen molar-refractivity contribution in [2.24, 2.45) is 5.92 Å². The average Bonchev–Trinajstić information content (AvgIpc) is 3.18. The summed E-state index contributed by atoms with van der Waals surface area (Å²) in [5.41, 5.74) is 0. The van der Waals surface area contributed by atoms with Crippen molar-refractivity contribution in [2.45, 2.75) is 38.6 Å². The molecule has 1 aliphatic carbocycles. The zero-order valence-corrected chi connectivity index (χ0v) is 16.6. The van der Waals surface area contributed by atoms with E-state index in [1.54, 1.807) is 0 Å². The van der Waals surface area contributed by atoms with Crippen molar-refractivity contribution in [1.29, 1.82) is 0 Å². The molecule has 1 aliphatic heterocycles. The van der Waals surface area contributed by atoms with Crippen LogP contribution >= 0.6 is 11.3 Å². The van der Waals surface area contributed by atoms with E-state index in [2.05, 4.69) is 17.6 Å². The molecule has 1 aromatic heterocycles. The topological polar surface area (TPSA) is 82.9 Å². The Labute approximate surface area is 164 Å². The van der Waals surface area contributed by atoms with Gasteiger partial charge in [-0.3, -0.25) is 14.9 Å². The minimum atomic E-state index is -0.385. The van der Waals surface area contributed by atoms with Gasteiger partial charge in [0, 0.05) is 6.04 Å². The number of hydrogen-bond donors (Lipinski definition) is 3. The fourth-order valence-electron chi connectivity index (χ4n) is 3.89. The van der Waals surface area contributed by atoms with Crippen molar-refractivity contribution < 1.29 is 19.3 Å². The highest BCUT2D eigenvalue weighted by molar-refractivity contribution is 7.12. The summed E-state index contributed by atoms with van der Waals surface area (Å²) >= 11 is 1.45. The number of urea groups is 1. The Kier molecular flexibility index (Phi) is 6.84. The van der Waals surface area contributed by atoms with E-state index in [1.807, 2.05) is 22.4 Å². The average molecular weight is 394 g/mol. The fraction of sp³-hybridized carbons (Fsp3) is 0.632. The van der Waals surface area contributed by atoms with Crippen molar-refractivity contribution >= 4 is 29.2 Å². The predicted octanol–water partition coefficient (Wildman–Crippen LogP) is 0.493. The second-order valence-corrected chi connectivity index (χ2v) is 8.53. The third kappa shape index (κ3) is 5.52. The van der Waals surface area contributed by atoms with Crippen molar-refractivity contribution in [3.63, 3.8) is 0 Å². The lowest BCUT2D eigenvalue weighted by atomic mass is 9.86. The Balaban J connectivity index is 1.37. The lowest BCUT2D eigenvalue weighted by molar-refractivity contribution is -0.895. The number of nitrogens with one attached hydrogen (secondary N) is 3. The van der Waals surface area contributed by atoms with E-state index in [9.17, 15) is 14.4 Å². The van der Waals surface area contributed by atoms with Crippen molar-refractivity contribution in [1.82, 2.24) is 15.5 Å². The molecular weight excluding hydrogens is 364 g/mol. The van der Waals surface area contributed by atoms with Gasteiger partial charge in [0.15, 0.2) is 6.54 Å². The van der Waals surface area contributed by atoms with Gasteiger partial charge in [-0.05, 0) is 30.2 Å². The monoisotopic (exact) mass is 393 g/mol. The maximum absolute atomic E-state index is 12.3. The van der Waals surface area contributed by atoms with Crippen LogP contribution in [0.15, 0.2) is 17.5 Å². The molecule has 1 saturated carbocycles. The number of rotatable bonds is 4. The lowest BCUT2D eigenvalue weighted by Crippen LogP contribution is -3.15. The summed E-state index contributed by atoms with van der Waals surface area (Å²) in [4.78, 5) is 40.3. The van der Waals surface area contributed by atoms with Gasteiger partial charge in [0.05, 0.1) is 31.1 Å². The van der Waals surface area contributed by atoms with Crippen LogP contribution in [-0.4, -0.2) is 61.5 Å². The molecule has 1 saturated heterocycles. The summed E-state index contributed by atoms with van der Waals surface area (Å²) in [5, 5.41) is 7.31. The minimum Gasteiger partial charge on any atom is -0.335 e. The van der Waals surface area contributed by atoms with Crippen LogP contribution in [0.3, 0.4) is 0 Å². The Bertz CT molecular complexity index is 656. The predicted molar refractivity (Wildman–Crippen MR) is 104 cm³/mol. The number of thiophene rings is 1. The largest absolute Gasteiger partial charge is 0.335 e. The second kappa shape index (κ2) is 9.32. The van der Waals surface area contributed by atoms with Gasteiger partial charge in [0.1, 0.15) is 0 Å². The van der Waals surface area contributed by atoms with Gasteiger partial charge >= 0.3 is 6.03 Å². The van der Waals surface area contributed by atoms with Gasteiger partial charge in [-0.25, -0.2) is 4.79 Å². The van der Waals surface area contributed by atoms with Crippen LogP contribution in [-0.2, 0) is 4.79 Å². The van der Waals surface area contributed by atoms with E-state index in [0.29, 0.717) is 32.1 Å². The Morgan fingerprint density at radius 2 is 1.96 bits per heavy atom. The summed E-state index contributed by atoms with van der Waals surface area (Å²) < 4.78 is 0. The molecule has 27 heavy (non-hydrogen) atoms. The first kappa shape index (κ1) is 19.8. The Morgan fingerprint density at radius 1 is 1.22 bits per heavy atom. The zero-order chi connectivity index (χ0) is 19.2.